The topological polar surface area (TPSA) is 62.9 Å². The van der Waals surface area contributed by atoms with Crippen LogP contribution in [0.15, 0.2) is 9.52 Å². The zero-order valence-electron chi connectivity index (χ0n) is 14.6. The van der Waals surface area contributed by atoms with Gasteiger partial charge in [0.1, 0.15) is 5.76 Å². The molecule has 2 bridgehead atoms. The smallest absolute Gasteiger partial charge is 0.194 e. The van der Waals surface area contributed by atoms with Crippen LogP contribution in [-0.2, 0) is 11.3 Å². The van der Waals surface area contributed by atoms with Gasteiger partial charge in [-0.1, -0.05) is 5.16 Å². The van der Waals surface area contributed by atoms with Crippen molar-refractivity contribution in [2.45, 2.75) is 52.4 Å². The maximum atomic E-state index is 6.07. The molecule has 6 nitrogen and oxygen atoms in total. The molecule has 0 aromatic carbocycles. The van der Waals surface area contributed by atoms with E-state index >= 15 is 0 Å². The second-order valence-electron chi connectivity index (χ2n) is 7.00. The monoisotopic (exact) mass is 446 g/mol. The number of nitrogens with one attached hydrogen (secondary N) is 1. The van der Waals surface area contributed by atoms with Crippen molar-refractivity contribution >= 4 is 29.9 Å². The SMILES string of the molecule is CCNC(=NCc1c(C)noc1C)N1CC2C3CCC(O3)C2C1.I. The predicted molar refractivity (Wildman–Crippen MR) is 103 cm³/mol. The Bertz CT molecular complexity index is 580. The number of hydrogen-bond donors (Lipinski definition) is 1. The van der Waals surface area contributed by atoms with Crippen LogP contribution in [0, 0.1) is 25.7 Å². The van der Waals surface area contributed by atoms with E-state index in [0.717, 1.165) is 42.6 Å². The lowest BCUT2D eigenvalue weighted by Gasteiger charge is -2.23. The second-order valence-corrected chi connectivity index (χ2v) is 7.00. The number of aromatic nitrogens is 1. The molecule has 7 heteroatoms. The Kier molecular flexibility index (Phi) is 5.39. The molecule has 0 aliphatic carbocycles. The van der Waals surface area contributed by atoms with Crippen LogP contribution >= 0.6 is 24.0 Å². The number of guanidine groups is 1. The third-order valence-electron chi connectivity index (χ3n) is 5.66. The Morgan fingerprint density at radius 1 is 1.25 bits per heavy atom. The summed E-state index contributed by atoms with van der Waals surface area (Å²) in [5.41, 5.74) is 2.04. The molecule has 1 aromatic heterocycles. The van der Waals surface area contributed by atoms with Gasteiger partial charge in [-0.25, -0.2) is 4.99 Å². The van der Waals surface area contributed by atoms with E-state index < -0.39 is 0 Å². The highest BCUT2D eigenvalue weighted by atomic mass is 127. The second kappa shape index (κ2) is 7.19. The van der Waals surface area contributed by atoms with E-state index in [1.54, 1.807) is 0 Å². The number of fused-ring (bicyclic) bond motifs is 5. The van der Waals surface area contributed by atoms with E-state index in [4.69, 9.17) is 14.3 Å². The normalized spacial score (nSPS) is 31.3. The Balaban J connectivity index is 0.00000169. The number of halogens is 1. The summed E-state index contributed by atoms with van der Waals surface area (Å²) in [7, 11) is 0. The van der Waals surface area contributed by atoms with E-state index in [1.807, 2.05) is 13.8 Å². The van der Waals surface area contributed by atoms with Gasteiger partial charge in [-0.05, 0) is 33.6 Å². The van der Waals surface area contributed by atoms with Crippen LogP contribution in [-0.4, -0.2) is 47.9 Å². The van der Waals surface area contributed by atoms with Gasteiger partial charge >= 0.3 is 0 Å². The van der Waals surface area contributed by atoms with Crippen molar-refractivity contribution in [3.05, 3.63) is 17.0 Å². The lowest BCUT2D eigenvalue weighted by atomic mass is 9.82. The summed E-state index contributed by atoms with van der Waals surface area (Å²) in [5.74, 6) is 3.27. The molecule has 134 valence electrons. The largest absolute Gasteiger partial charge is 0.374 e. The van der Waals surface area contributed by atoms with E-state index in [1.165, 1.54) is 12.8 Å². The molecule has 3 saturated heterocycles. The van der Waals surface area contributed by atoms with Crippen molar-refractivity contribution in [3.63, 3.8) is 0 Å². The maximum absolute atomic E-state index is 6.07. The predicted octanol–water partition coefficient (Wildman–Crippen LogP) is 2.48. The lowest BCUT2D eigenvalue weighted by Crippen LogP contribution is -2.41. The van der Waals surface area contributed by atoms with Crippen LogP contribution in [0.25, 0.3) is 0 Å². The first-order chi connectivity index (χ1) is 11.2. The summed E-state index contributed by atoms with van der Waals surface area (Å²) in [4.78, 5) is 7.27. The fourth-order valence-corrected chi connectivity index (χ4v) is 4.44. The minimum Gasteiger partial charge on any atom is -0.374 e. The van der Waals surface area contributed by atoms with Crippen molar-refractivity contribution in [2.24, 2.45) is 16.8 Å². The molecule has 3 aliphatic heterocycles. The van der Waals surface area contributed by atoms with E-state index in [9.17, 15) is 0 Å². The average molecular weight is 446 g/mol. The van der Waals surface area contributed by atoms with Crippen molar-refractivity contribution in [1.29, 1.82) is 0 Å². The minimum absolute atomic E-state index is 0. The third kappa shape index (κ3) is 3.05. The Morgan fingerprint density at radius 2 is 1.92 bits per heavy atom. The molecule has 4 heterocycles. The van der Waals surface area contributed by atoms with Crippen LogP contribution in [0.2, 0.25) is 0 Å². The molecule has 1 aromatic rings. The number of ether oxygens (including phenoxy) is 1. The quantitative estimate of drug-likeness (QED) is 0.439. The molecule has 3 fully saturated rings. The van der Waals surface area contributed by atoms with E-state index in [-0.39, 0.29) is 24.0 Å². The molecule has 4 rings (SSSR count). The van der Waals surface area contributed by atoms with Gasteiger partial charge in [-0.15, -0.1) is 24.0 Å². The summed E-state index contributed by atoms with van der Waals surface area (Å²) < 4.78 is 11.3. The fraction of sp³-hybridized carbons (Fsp3) is 0.765. The first-order valence-corrected chi connectivity index (χ1v) is 8.77. The first kappa shape index (κ1) is 18.0. The zero-order chi connectivity index (χ0) is 16.0. The van der Waals surface area contributed by atoms with Crippen molar-refractivity contribution in [3.8, 4) is 0 Å². The van der Waals surface area contributed by atoms with Crippen molar-refractivity contribution < 1.29 is 9.26 Å². The van der Waals surface area contributed by atoms with Crippen LogP contribution in [0.5, 0.6) is 0 Å². The van der Waals surface area contributed by atoms with Gasteiger partial charge < -0.3 is 19.5 Å². The zero-order valence-corrected chi connectivity index (χ0v) is 16.9. The molecule has 4 atom stereocenters. The van der Waals surface area contributed by atoms with E-state index in [2.05, 4.69) is 22.3 Å². The van der Waals surface area contributed by atoms with Crippen molar-refractivity contribution in [1.82, 2.24) is 15.4 Å². The summed E-state index contributed by atoms with van der Waals surface area (Å²) in [6, 6.07) is 0. The molecule has 4 unspecified atom stereocenters. The van der Waals surface area contributed by atoms with Crippen molar-refractivity contribution in [2.75, 3.05) is 19.6 Å². The van der Waals surface area contributed by atoms with Gasteiger partial charge in [0.2, 0.25) is 0 Å². The number of rotatable bonds is 3. The number of nitrogens with zero attached hydrogens (tertiary/aromatic N) is 3. The molecule has 0 radical (unpaired) electrons. The van der Waals surface area contributed by atoms with Crippen LogP contribution < -0.4 is 5.32 Å². The standard InChI is InChI=1S/C17H26N4O2.HI/c1-4-18-17(19-7-12-10(2)20-23-11(12)3)21-8-13-14(9-21)16-6-5-15(13)22-16;/h13-16H,4-9H2,1-3H3,(H,18,19);1H. The molecule has 0 amide bonds. The molecular formula is C17H27IN4O2. The number of aliphatic imine (C=N–C) groups is 1. The first-order valence-electron chi connectivity index (χ1n) is 8.77. The number of hydrogen-bond acceptors (Lipinski definition) is 4. The molecule has 0 spiro atoms. The number of likely N-dealkylation sites (tertiary alicyclic amines) is 1. The molecule has 1 N–H and O–H groups in total. The minimum atomic E-state index is 0. The summed E-state index contributed by atoms with van der Waals surface area (Å²) in [5, 5.41) is 7.47. The van der Waals surface area contributed by atoms with Crippen LogP contribution in [0.1, 0.15) is 36.8 Å². The van der Waals surface area contributed by atoms with E-state index in [0.29, 0.717) is 30.6 Å². The summed E-state index contributed by atoms with van der Waals surface area (Å²) >= 11 is 0. The lowest BCUT2D eigenvalue weighted by molar-refractivity contribution is 0.0767. The van der Waals surface area contributed by atoms with Gasteiger partial charge in [0.25, 0.3) is 0 Å². The Labute approximate surface area is 160 Å². The molecule has 0 saturated carbocycles. The van der Waals surface area contributed by atoms with Crippen LogP contribution in [0.4, 0.5) is 0 Å². The highest BCUT2D eigenvalue weighted by Crippen LogP contribution is 2.47. The Morgan fingerprint density at radius 3 is 2.46 bits per heavy atom. The van der Waals surface area contributed by atoms with Gasteiger partial charge in [0.15, 0.2) is 5.96 Å². The summed E-state index contributed by atoms with van der Waals surface area (Å²) in [6.45, 7) is 9.69. The highest BCUT2D eigenvalue weighted by Gasteiger charge is 2.53. The van der Waals surface area contributed by atoms with Gasteiger partial charge in [0, 0.05) is 37.0 Å². The van der Waals surface area contributed by atoms with Crippen LogP contribution in [0.3, 0.4) is 0 Å². The molecule has 24 heavy (non-hydrogen) atoms. The third-order valence-corrected chi connectivity index (χ3v) is 5.66. The van der Waals surface area contributed by atoms with Gasteiger partial charge in [-0.3, -0.25) is 0 Å². The average Bonchev–Trinajstić information content (AvgIpc) is 3.27. The summed E-state index contributed by atoms with van der Waals surface area (Å²) in [6.07, 6.45) is 3.46. The number of aryl methyl sites for hydroxylation is 2. The van der Waals surface area contributed by atoms with Gasteiger partial charge in [-0.2, -0.15) is 0 Å². The molecule has 3 aliphatic rings. The fourth-order valence-electron chi connectivity index (χ4n) is 4.44. The Hall–Kier alpha value is -0.830. The maximum Gasteiger partial charge on any atom is 0.194 e. The highest BCUT2D eigenvalue weighted by molar-refractivity contribution is 14.0. The molecular weight excluding hydrogens is 419 g/mol. The van der Waals surface area contributed by atoms with Gasteiger partial charge in [0.05, 0.1) is 24.4 Å².